The van der Waals surface area contributed by atoms with E-state index in [0.29, 0.717) is 19.4 Å². The fourth-order valence-electron chi connectivity index (χ4n) is 2.27. The zero-order valence-corrected chi connectivity index (χ0v) is 11.3. The Labute approximate surface area is 112 Å². The van der Waals surface area contributed by atoms with Gasteiger partial charge in [0.1, 0.15) is 5.41 Å². The van der Waals surface area contributed by atoms with E-state index < -0.39 is 11.4 Å². The molecule has 2 N–H and O–H groups in total. The van der Waals surface area contributed by atoms with Gasteiger partial charge < -0.3 is 10.4 Å². The molecule has 0 aliphatic heterocycles. The van der Waals surface area contributed by atoms with Gasteiger partial charge in [0, 0.05) is 6.54 Å². The summed E-state index contributed by atoms with van der Waals surface area (Å²) in [6.45, 7) is 4.57. The maximum Gasteiger partial charge on any atom is 0.319 e. The Bertz CT molecular complexity index is 518. The largest absolute Gasteiger partial charge is 0.480 e. The molecule has 1 amide bonds. The minimum Gasteiger partial charge on any atom is -0.480 e. The third kappa shape index (κ3) is 2.78. The fraction of sp³-hybridized carbons (Fsp3) is 0.467. The molecule has 102 valence electrons. The first-order valence-electron chi connectivity index (χ1n) is 6.53. The first-order chi connectivity index (χ1) is 8.95. The molecular weight excluding hydrogens is 242 g/mol. The maximum absolute atomic E-state index is 11.8. The van der Waals surface area contributed by atoms with Gasteiger partial charge in [-0.3, -0.25) is 9.59 Å². The van der Waals surface area contributed by atoms with Crippen molar-refractivity contribution in [3.8, 4) is 0 Å². The quantitative estimate of drug-likeness (QED) is 0.795. The molecule has 0 unspecified atom stereocenters. The smallest absolute Gasteiger partial charge is 0.319 e. The van der Waals surface area contributed by atoms with E-state index in [1.54, 1.807) is 0 Å². The zero-order valence-electron chi connectivity index (χ0n) is 11.3. The third-order valence-electron chi connectivity index (χ3n) is 3.77. The summed E-state index contributed by atoms with van der Waals surface area (Å²) in [6, 6.07) is 6.21. The molecule has 1 saturated carbocycles. The van der Waals surface area contributed by atoms with Gasteiger partial charge in [0.2, 0.25) is 5.91 Å². The molecule has 4 heteroatoms. The average Bonchev–Trinajstić information content (AvgIpc) is 3.13. The summed E-state index contributed by atoms with van der Waals surface area (Å²) in [5.74, 6) is -1.35. The highest BCUT2D eigenvalue weighted by atomic mass is 16.4. The lowest BCUT2D eigenvalue weighted by Crippen LogP contribution is -2.38. The summed E-state index contributed by atoms with van der Waals surface area (Å²) in [7, 11) is 0. The number of rotatable bonds is 5. The predicted molar refractivity (Wildman–Crippen MR) is 71.9 cm³/mol. The molecule has 1 aliphatic carbocycles. The van der Waals surface area contributed by atoms with Gasteiger partial charge in [-0.1, -0.05) is 23.8 Å². The molecule has 1 aromatic rings. The number of nitrogens with one attached hydrogen (secondary N) is 1. The number of aliphatic carboxylic acids is 1. The Morgan fingerprint density at radius 1 is 1.32 bits per heavy atom. The van der Waals surface area contributed by atoms with E-state index in [1.807, 2.05) is 19.9 Å². The van der Waals surface area contributed by atoms with E-state index in [2.05, 4.69) is 17.4 Å². The number of carboxylic acid groups (broad SMARTS) is 1. The minimum atomic E-state index is -1.14. The first-order valence-corrected chi connectivity index (χ1v) is 6.53. The monoisotopic (exact) mass is 261 g/mol. The summed E-state index contributed by atoms with van der Waals surface area (Å²) in [4.78, 5) is 22.8. The number of hydrogen-bond acceptors (Lipinski definition) is 2. The average molecular weight is 261 g/mol. The molecule has 0 radical (unpaired) electrons. The van der Waals surface area contributed by atoms with E-state index in [-0.39, 0.29) is 5.91 Å². The van der Waals surface area contributed by atoms with Gasteiger partial charge >= 0.3 is 5.97 Å². The van der Waals surface area contributed by atoms with Crippen LogP contribution in [0.4, 0.5) is 0 Å². The molecule has 1 fully saturated rings. The van der Waals surface area contributed by atoms with Crippen LogP contribution in [0.3, 0.4) is 0 Å². The predicted octanol–water partition coefficient (Wildman–Crippen LogP) is 1.83. The molecule has 1 aromatic carbocycles. The SMILES string of the molecule is Cc1ccc(CCNC(=O)C2(C(=O)O)CC2)c(C)c1. The molecule has 1 aliphatic rings. The van der Waals surface area contributed by atoms with Crippen molar-refractivity contribution in [1.82, 2.24) is 5.32 Å². The first kappa shape index (κ1) is 13.6. The lowest BCUT2D eigenvalue weighted by molar-refractivity contribution is -0.149. The van der Waals surface area contributed by atoms with Gasteiger partial charge in [-0.2, -0.15) is 0 Å². The van der Waals surface area contributed by atoms with Crippen molar-refractivity contribution >= 4 is 11.9 Å². The highest BCUT2D eigenvalue weighted by molar-refractivity contribution is 6.04. The Morgan fingerprint density at radius 3 is 2.53 bits per heavy atom. The van der Waals surface area contributed by atoms with Crippen LogP contribution in [0.25, 0.3) is 0 Å². The van der Waals surface area contributed by atoms with Gasteiger partial charge in [0.05, 0.1) is 0 Å². The van der Waals surface area contributed by atoms with Crippen molar-refractivity contribution in [3.63, 3.8) is 0 Å². The molecule has 0 saturated heterocycles. The molecule has 0 bridgehead atoms. The Morgan fingerprint density at radius 2 is 2.00 bits per heavy atom. The van der Waals surface area contributed by atoms with Crippen LogP contribution >= 0.6 is 0 Å². The summed E-state index contributed by atoms with van der Waals surface area (Å²) < 4.78 is 0. The van der Waals surface area contributed by atoms with E-state index >= 15 is 0 Å². The number of benzene rings is 1. The fourth-order valence-corrected chi connectivity index (χ4v) is 2.27. The van der Waals surface area contributed by atoms with Crippen molar-refractivity contribution in [1.29, 1.82) is 0 Å². The molecule has 0 aromatic heterocycles. The summed E-state index contributed by atoms with van der Waals surface area (Å²) in [6.07, 6.45) is 1.64. The van der Waals surface area contributed by atoms with Crippen molar-refractivity contribution in [2.75, 3.05) is 6.54 Å². The summed E-state index contributed by atoms with van der Waals surface area (Å²) in [5.41, 5.74) is 2.47. The molecular formula is C15H19NO3. The van der Waals surface area contributed by atoms with Gasteiger partial charge in [0.25, 0.3) is 0 Å². The summed E-state index contributed by atoms with van der Waals surface area (Å²) in [5, 5.41) is 11.7. The van der Waals surface area contributed by atoms with Gasteiger partial charge in [-0.15, -0.1) is 0 Å². The van der Waals surface area contributed by atoms with Crippen molar-refractivity contribution in [3.05, 3.63) is 34.9 Å². The Balaban J connectivity index is 1.87. The second-order valence-electron chi connectivity index (χ2n) is 5.32. The van der Waals surface area contributed by atoms with Crippen LogP contribution in [-0.4, -0.2) is 23.5 Å². The molecule has 0 atom stereocenters. The van der Waals surface area contributed by atoms with Gasteiger partial charge in [0.15, 0.2) is 0 Å². The minimum absolute atomic E-state index is 0.343. The molecule has 0 spiro atoms. The third-order valence-corrected chi connectivity index (χ3v) is 3.77. The zero-order chi connectivity index (χ0) is 14.0. The van der Waals surface area contributed by atoms with Crippen molar-refractivity contribution < 1.29 is 14.7 Å². The summed E-state index contributed by atoms with van der Waals surface area (Å²) >= 11 is 0. The van der Waals surface area contributed by atoms with Crippen LogP contribution in [0.5, 0.6) is 0 Å². The topological polar surface area (TPSA) is 66.4 Å². The lowest BCUT2D eigenvalue weighted by atomic mass is 10.0. The highest BCUT2D eigenvalue weighted by Crippen LogP contribution is 2.46. The van der Waals surface area contributed by atoms with Crippen LogP contribution in [0, 0.1) is 19.3 Å². The van der Waals surface area contributed by atoms with Crippen LogP contribution in [0.15, 0.2) is 18.2 Å². The second-order valence-corrected chi connectivity index (χ2v) is 5.32. The number of hydrogen-bond donors (Lipinski definition) is 2. The van der Waals surface area contributed by atoms with Crippen LogP contribution in [-0.2, 0) is 16.0 Å². The normalized spacial score (nSPS) is 15.9. The van der Waals surface area contributed by atoms with Crippen molar-refractivity contribution in [2.24, 2.45) is 5.41 Å². The van der Waals surface area contributed by atoms with Crippen molar-refractivity contribution in [2.45, 2.75) is 33.1 Å². The Kier molecular flexibility index (Phi) is 3.60. The molecule has 19 heavy (non-hydrogen) atoms. The number of amides is 1. The van der Waals surface area contributed by atoms with Crippen LogP contribution < -0.4 is 5.32 Å². The van der Waals surface area contributed by atoms with E-state index in [9.17, 15) is 9.59 Å². The molecule has 0 heterocycles. The standard InChI is InChI=1S/C15H19NO3/c1-10-3-4-12(11(2)9-10)5-8-16-13(17)15(6-7-15)14(18)19/h3-4,9H,5-8H2,1-2H3,(H,16,17)(H,18,19). The van der Waals surface area contributed by atoms with Crippen LogP contribution in [0.1, 0.15) is 29.5 Å². The highest BCUT2D eigenvalue weighted by Gasteiger charge is 2.56. The number of carboxylic acids is 1. The van der Waals surface area contributed by atoms with Gasteiger partial charge in [-0.25, -0.2) is 0 Å². The number of carbonyl (C=O) groups excluding carboxylic acids is 1. The number of carbonyl (C=O) groups is 2. The van der Waals surface area contributed by atoms with E-state index in [0.717, 1.165) is 6.42 Å². The van der Waals surface area contributed by atoms with E-state index in [1.165, 1.54) is 16.7 Å². The van der Waals surface area contributed by atoms with Crippen LogP contribution in [0.2, 0.25) is 0 Å². The number of aryl methyl sites for hydroxylation is 2. The maximum atomic E-state index is 11.8. The van der Waals surface area contributed by atoms with Gasteiger partial charge in [-0.05, 0) is 44.2 Å². The Hall–Kier alpha value is -1.84. The molecule has 4 nitrogen and oxygen atoms in total. The lowest BCUT2D eigenvalue weighted by Gasteiger charge is -2.12. The van der Waals surface area contributed by atoms with E-state index in [4.69, 9.17) is 5.11 Å². The second kappa shape index (κ2) is 5.03. The molecule has 2 rings (SSSR count).